The first-order valence-electron chi connectivity index (χ1n) is 6.67. The minimum Gasteiger partial charge on any atom is -0.366 e. The molecule has 1 N–H and O–H groups in total. The molecule has 7 nitrogen and oxygen atoms in total. The molecule has 2 aromatic heterocycles. The number of pyridine rings is 1. The highest BCUT2D eigenvalue weighted by Crippen LogP contribution is 2.18. The van der Waals surface area contributed by atoms with Crippen molar-refractivity contribution in [2.45, 2.75) is 19.0 Å². The van der Waals surface area contributed by atoms with E-state index in [2.05, 4.69) is 25.6 Å². The number of nitrogens with zero attached hydrogens (tertiary/aromatic N) is 4. The fourth-order valence-corrected chi connectivity index (χ4v) is 2.98. The average molecular weight is 305 g/mol. The Balaban J connectivity index is 1.53. The summed E-state index contributed by atoms with van der Waals surface area (Å²) in [7, 11) is 0. The summed E-state index contributed by atoms with van der Waals surface area (Å²) in [5, 5.41) is 16.0. The van der Waals surface area contributed by atoms with Gasteiger partial charge in [0.2, 0.25) is 0 Å². The molecule has 0 aliphatic carbocycles. The van der Waals surface area contributed by atoms with Gasteiger partial charge in [-0.2, -0.15) is 0 Å². The van der Waals surface area contributed by atoms with Crippen molar-refractivity contribution in [1.29, 1.82) is 0 Å². The minimum atomic E-state index is -0.443. The van der Waals surface area contributed by atoms with E-state index in [1.807, 2.05) is 5.51 Å². The molecule has 8 heteroatoms. The van der Waals surface area contributed by atoms with Gasteiger partial charge in [0.1, 0.15) is 12.0 Å². The molecule has 0 aromatic carbocycles. The van der Waals surface area contributed by atoms with Crippen molar-refractivity contribution in [3.8, 4) is 0 Å². The molecule has 2 aromatic rings. The third kappa shape index (κ3) is 3.53. The number of hydrogen-bond acceptors (Lipinski definition) is 7. The molecular weight excluding hydrogens is 290 g/mol. The molecule has 0 radical (unpaired) electrons. The lowest BCUT2D eigenvalue weighted by atomic mass is 10.2. The van der Waals surface area contributed by atoms with Crippen molar-refractivity contribution >= 4 is 22.8 Å². The molecule has 3 rings (SSSR count). The zero-order chi connectivity index (χ0) is 14.7. The van der Waals surface area contributed by atoms with Crippen LogP contribution in [0.15, 0.2) is 29.2 Å². The Bertz CT molecular complexity index is 602. The van der Waals surface area contributed by atoms with Gasteiger partial charge < -0.3 is 5.32 Å². The molecule has 21 heavy (non-hydrogen) atoms. The van der Waals surface area contributed by atoms with E-state index in [9.17, 15) is 10.1 Å². The van der Waals surface area contributed by atoms with E-state index < -0.39 is 4.92 Å². The molecule has 0 amide bonds. The van der Waals surface area contributed by atoms with Gasteiger partial charge in [-0.05, 0) is 12.5 Å². The summed E-state index contributed by atoms with van der Waals surface area (Å²) < 4.78 is 0. The van der Waals surface area contributed by atoms with E-state index in [4.69, 9.17) is 0 Å². The molecular formula is C13H15N5O2S. The van der Waals surface area contributed by atoms with Crippen LogP contribution in [0.4, 0.5) is 11.5 Å². The topological polar surface area (TPSA) is 84.2 Å². The van der Waals surface area contributed by atoms with Gasteiger partial charge in [0, 0.05) is 37.1 Å². The zero-order valence-electron chi connectivity index (χ0n) is 11.3. The summed E-state index contributed by atoms with van der Waals surface area (Å²) in [5.41, 5.74) is 2.97. The van der Waals surface area contributed by atoms with Crippen LogP contribution >= 0.6 is 11.3 Å². The number of hydrogen-bond donors (Lipinski definition) is 1. The Morgan fingerprint density at radius 2 is 2.38 bits per heavy atom. The van der Waals surface area contributed by atoms with Crippen LogP contribution in [0.1, 0.15) is 12.1 Å². The Morgan fingerprint density at radius 3 is 3.05 bits per heavy atom. The van der Waals surface area contributed by atoms with E-state index >= 15 is 0 Å². The summed E-state index contributed by atoms with van der Waals surface area (Å²) in [5.74, 6) is 0.682. The van der Waals surface area contributed by atoms with E-state index in [0.717, 1.165) is 31.7 Å². The van der Waals surface area contributed by atoms with Gasteiger partial charge in [-0.15, -0.1) is 11.3 Å². The first-order chi connectivity index (χ1) is 10.2. The second kappa shape index (κ2) is 6.15. The second-order valence-electron chi connectivity index (χ2n) is 5.00. The number of anilines is 1. The highest BCUT2D eigenvalue weighted by atomic mass is 32.1. The van der Waals surface area contributed by atoms with E-state index in [-0.39, 0.29) is 5.69 Å². The Morgan fingerprint density at radius 1 is 1.48 bits per heavy atom. The quantitative estimate of drug-likeness (QED) is 0.673. The maximum absolute atomic E-state index is 10.6. The van der Waals surface area contributed by atoms with Crippen LogP contribution in [0.2, 0.25) is 0 Å². The number of likely N-dealkylation sites (tertiary alicyclic amines) is 1. The highest BCUT2D eigenvalue weighted by molar-refractivity contribution is 7.07. The van der Waals surface area contributed by atoms with Gasteiger partial charge in [0.05, 0.1) is 16.1 Å². The van der Waals surface area contributed by atoms with Crippen LogP contribution in [0.25, 0.3) is 0 Å². The lowest BCUT2D eigenvalue weighted by molar-refractivity contribution is -0.385. The van der Waals surface area contributed by atoms with Gasteiger partial charge in [-0.1, -0.05) is 0 Å². The number of nitrogens with one attached hydrogen (secondary N) is 1. The Hall–Kier alpha value is -2.06. The maximum atomic E-state index is 10.6. The summed E-state index contributed by atoms with van der Waals surface area (Å²) >= 11 is 1.61. The fourth-order valence-electron chi connectivity index (χ4n) is 2.43. The van der Waals surface area contributed by atoms with E-state index in [0.29, 0.717) is 11.9 Å². The van der Waals surface area contributed by atoms with Gasteiger partial charge >= 0.3 is 0 Å². The maximum Gasteiger partial charge on any atom is 0.287 e. The van der Waals surface area contributed by atoms with Crippen molar-refractivity contribution in [2.24, 2.45) is 0 Å². The lowest BCUT2D eigenvalue weighted by Gasteiger charge is -2.15. The third-order valence-electron chi connectivity index (χ3n) is 3.45. The minimum absolute atomic E-state index is 0.0112. The van der Waals surface area contributed by atoms with Crippen molar-refractivity contribution < 1.29 is 4.92 Å². The summed E-state index contributed by atoms with van der Waals surface area (Å²) in [6.45, 7) is 2.81. The zero-order valence-corrected chi connectivity index (χ0v) is 12.1. The molecule has 0 bridgehead atoms. The standard InChI is InChI=1S/C13H15N5O2S/c19-18(20)12-1-2-13(14-5-12)16-10-3-4-17(6-10)7-11-8-21-9-15-11/h1-2,5,8-10H,3-4,6-7H2,(H,14,16)/t10-/m0/s1. The molecule has 1 fully saturated rings. The van der Waals surface area contributed by atoms with Crippen LogP contribution in [0, 0.1) is 10.1 Å². The first-order valence-corrected chi connectivity index (χ1v) is 7.61. The van der Waals surface area contributed by atoms with Crippen LogP contribution in [-0.2, 0) is 6.54 Å². The number of aromatic nitrogens is 2. The van der Waals surface area contributed by atoms with Crippen LogP contribution < -0.4 is 5.32 Å². The molecule has 1 atom stereocenters. The van der Waals surface area contributed by atoms with Crippen molar-refractivity contribution in [3.05, 3.63) is 45.0 Å². The smallest absolute Gasteiger partial charge is 0.287 e. The summed E-state index contributed by atoms with van der Waals surface area (Å²) in [4.78, 5) is 20.9. The van der Waals surface area contributed by atoms with E-state index in [1.54, 1.807) is 17.4 Å². The highest BCUT2D eigenvalue weighted by Gasteiger charge is 2.23. The average Bonchev–Trinajstić information content (AvgIpc) is 3.12. The number of rotatable bonds is 5. The molecule has 0 saturated carbocycles. The fraction of sp³-hybridized carbons (Fsp3) is 0.385. The van der Waals surface area contributed by atoms with Gasteiger partial charge in [0.25, 0.3) is 5.69 Å². The first kappa shape index (κ1) is 13.9. The van der Waals surface area contributed by atoms with Gasteiger partial charge in [0.15, 0.2) is 0 Å². The monoisotopic (exact) mass is 305 g/mol. The predicted octanol–water partition coefficient (Wildman–Crippen LogP) is 2.13. The molecule has 1 aliphatic rings. The van der Waals surface area contributed by atoms with E-state index in [1.165, 1.54) is 12.3 Å². The van der Waals surface area contributed by atoms with Gasteiger partial charge in [-0.3, -0.25) is 15.0 Å². The lowest BCUT2D eigenvalue weighted by Crippen LogP contribution is -2.26. The van der Waals surface area contributed by atoms with Crippen LogP contribution in [0.3, 0.4) is 0 Å². The predicted molar refractivity (Wildman–Crippen MR) is 80.3 cm³/mol. The number of thiazole rings is 1. The molecule has 110 valence electrons. The van der Waals surface area contributed by atoms with Crippen molar-refractivity contribution in [3.63, 3.8) is 0 Å². The second-order valence-corrected chi connectivity index (χ2v) is 5.72. The summed E-state index contributed by atoms with van der Waals surface area (Å²) in [6.07, 6.45) is 2.31. The van der Waals surface area contributed by atoms with Crippen molar-refractivity contribution in [1.82, 2.24) is 14.9 Å². The number of nitro groups is 1. The third-order valence-corrected chi connectivity index (χ3v) is 4.09. The Labute approximate surface area is 125 Å². The molecule has 1 aliphatic heterocycles. The molecule has 0 unspecified atom stereocenters. The van der Waals surface area contributed by atoms with Crippen LogP contribution in [0.5, 0.6) is 0 Å². The normalized spacial score (nSPS) is 18.8. The molecule has 1 saturated heterocycles. The molecule has 3 heterocycles. The largest absolute Gasteiger partial charge is 0.366 e. The summed E-state index contributed by atoms with van der Waals surface area (Å²) in [6, 6.07) is 3.44. The molecule has 0 spiro atoms. The van der Waals surface area contributed by atoms with Crippen molar-refractivity contribution in [2.75, 3.05) is 18.4 Å². The van der Waals surface area contributed by atoms with Crippen LogP contribution in [-0.4, -0.2) is 38.9 Å². The SMILES string of the molecule is O=[N+]([O-])c1ccc(N[C@H]2CCN(Cc3cscn3)C2)nc1. The Kier molecular flexibility index (Phi) is 4.07. The van der Waals surface area contributed by atoms with Gasteiger partial charge in [-0.25, -0.2) is 9.97 Å².